The summed E-state index contributed by atoms with van der Waals surface area (Å²) in [6, 6.07) is 5.61. The highest BCUT2D eigenvalue weighted by Gasteiger charge is 2.29. The summed E-state index contributed by atoms with van der Waals surface area (Å²) in [7, 11) is 0. The van der Waals surface area contributed by atoms with Crippen molar-refractivity contribution in [1.29, 1.82) is 0 Å². The normalized spacial score (nSPS) is 22.4. The van der Waals surface area contributed by atoms with Gasteiger partial charge >= 0.3 is 0 Å². The van der Waals surface area contributed by atoms with Crippen LogP contribution in [-0.2, 0) is 11.2 Å². The second kappa shape index (κ2) is 3.99. The molecule has 1 aromatic rings. The van der Waals surface area contributed by atoms with Gasteiger partial charge in [-0.15, -0.1) is 0 Å². The Balaban J connectivity index is 1.84. The summed E-state index contributed by atoms with van der Waals surface area (Å²) in [6.07, 6.45) is 2.57. The molecule has 1 aliphatic heterocycles. The van der Waals surface area contributed by atoms with Gasteiger partial charge in [0.1, 0.15) is 11.5 Å². The summed E-state index contributed by atoms with van der Waals surface area (Å²) in [5, 5.41) is 0. The molecule has 17 heavy (non-hydrogen) atoms. The van der Waals surface area contributed by atoms with Gasteiger partial charge in [-0.2, -0.15) is 0 Å². The lowest BCUT2D eigenvalue weighted by Crippen LogP contribution is -2.11. The van der Waals surface area contributed by atoms with E-state index in [0.29, 0.717) is 25.9 Å². The van der Waals surface area contributed by atoms with Gasteiger partial charge in [0.15, 0.2) is 5.78 Å². The van der Waals surface area contributed by atoms with Crippen LogP contribution in [0.1, 0.15) is 35.2 Å². The van der Waals surface area contributed by atoms with Gasteiger partial charge in [0, 0.05) is 30.7 Å². The first kappa shape index (κ1) is 10.5. The second-order valence-electron chi connectivity index (χ2n) is 4.76. The molecule has 1 aromatic carbocycles. The minimum absolute atomic E-state index is 0.0946. The molecule has 3 nitrogen and oxygen atoms in total. The van der Waals surface area contributed by atoms with Gasteiger partial charge in [-0.3, -0.25) is 9.59 Å². The summed E-state index contributed by atoms with van der Waals surface area (Å²) in [4.78, 5) is 23.4. The molecule has 1 heterocycles. The van der Waals surface area contributed by atoms with Gasteiger partial charge in [0.25, 0.3) is 0 Å². The molecule has 1 saturated carbocycles. The van der Waals surface area contributed by atoms with E-state index in [-0.39, 0.29) is 17.5 Å². The fraction of sp³-hybridized carbons (Fsp3) is 0.429. The van der Waals surface area contributed by atoms with Crippen LogP contribution >= 0.6 is 0 Å². The largest absolute Gasteiger partial charge is 0.493 e. The Morgan fingerprint density at radius 2 is 2.18 bits per heavy atom. The Labute approximate surface area is 99.8 Å². The summed E-state index contributed by atoms with van der Waals surface area (Å²) < 4.78 is 5.41. The van der Waals surface area contributed by atoms with Gasteiger partial charge in [-0.25, -0.2) is 0 Å². The van der Waals surface area contributed by atoms with Crippen molar-refractivity contribution >= 4 is 11.6 Å². The van der Waals surface area contributed by atoms with E-state index in [0.717, 1.165) is 23.3 Å². The maximum atomic E-state index is 12.2. The molecule has 0 radical (unpaired) electrons. The van der Waals surface area contributed by atoms with E-state index in [4.69, 9.17) is 4.74 Å². The number of hydrogen-bond donors (Lipinski definition) is 0. The number of carbonyl (C=O) groups is 2. The molecule has 3 rings (SSSR count). The lowest BCUT2D eigenvalue weighted by atomic mass is 9.95. The van der Waals surface area contributed by atoms with Gasteiger partial charge in [0.05, 0.1) is 6.61 Å². The molecule has 0 bridgehead atoms. The molecule has 2 aliphatic rings. The van der Waals surface area contributed by atoms with E-state index in [1.54, 1.807) is 0 Å². The summed E-state index contributed by atoms with van der Waals surface area (Å²) >= 11 is 0. The molecule has 88 valence electrons. The predicted molar refractivity (Wildman–Crippen MR) is 62.3 cm³/mol. The molecule has 0 N–H and O–H groups in total. The highest BCUT2D eigenvalue weighted by Crippen LogP contribution is 2.30. The van der Waals surface area contributed by atoms with Crippen molar-refractivity contribution in [2.45, 2.75) is 25.7 Å². The van der Waals surface area contributed by atoms with Crippen molar-refractivity contribution < 1.29 is 14.3 Å². The van der Waals surface area contributed by atoms with Gasteiger partial charge in [-0.1, -0.05) is 0 Å². The van der Waals surface area contributed by atoms with E-state index >= 15 is 0 Å². The zero-order chi connectivity index (χ0) is 11.8. The molecule has 0 aromatic heterocycles. The number of Topliss-reactive ketones (excluding diaryl/α,β-unsaturated/α-hetero) is 2. The van der Waals surface area contributed by atoms with Crippen LogP contribution in [0.5, 0.6) is 5.75 Å². The van der Waals surface area contributed by atoms with Crippen molar-refractivity contribution in [2.24, 2.45) is 5.92 Å². The topological polar surface area (TPSA) is 43.4 Å². The summed E-state index contributed by atoms with van der Waals surface area (Å²) in [5.74, 6) is 1.13. The van der Waals surface area contributed by atoms with Gasteiger partial charge < -0.3 is 4.74 Å². The minimum Gasteiger partial charge on any atom is -0.493 e. The fourth-order valence-corrected chi connectivity index (χ4v) is 2.61. The quantitative estimate of drug-likeness (QED) is 0.731. The minimum atomic E-state index is -0.0946. The highest BCUT2D eigenvalue weighted by molar-refractivity contribution is 6.01. The molecule has 1 atom stereocenters. The smallest absolute Gasteiger partial charge is 0.166 e. The first-order valence-electron chi connectivity index (χ1n) is 6.05. The van der Waals surface area contributed by atoms with Crippen molar-refractivity contribution in [3.8, 4) is 5.75 Å². The lowest BCUT2D eigenvalue weighted by molar-refractivity contribution is -0.117. The molecule has 0 saturated heterocycles. The number of benzene rings is 1. The number of ether oxygens (including phenoxy) is 1. The average Bonchev–Trinajstić information content (AvgIpc) is 2.95. The number of fused-ring (bicyclic) bond motifs is 1. The van der Waals surface area contributed by atoms with Crippen LogP contribution in [0.4, 0.5) is 0 Å². The van der Waals surface area contributed by atoms with Crippen LogP contribution in [0.25, 0.3) is 0 Å². The number of carbonyl (C=O) groups excluding carboxylic acids is 2. The molecular weight excluding hydrogens is 216 g/mol. The molecular formula is C14H14O3. The molecule has 1 unspecified atom stereocenters. The molecule has 1 aliphatic carbocycles. The van der Waals surface area contributed by atoms with Crippen LogP contribution in [0.2, 0.25) is 0 Å². The van der Waals surface area contributed by atoms with E-state index in [9.17, 15) is 9.59 Å². The van der Waals surface area contributed by atoms with Crippen molar-refractivity contribution in [2.75, 3.05) is 6.61 Å². The van der Waals surface area contributed by atoms with E-state index in [2.05, 4.69) is 0 Å². The Morgan fingerprint density at radius 3 is 2.94 bits per heavy atom. The molecule has 3 heteroatoms. The van der Waals surface area contributed by atoms with E-state index in [1.807, 2.05) is 18.2 Å². The maximum absolute atomic E-state index is 12.2. The second-order valence-corrected chi connectivity index (χ2v) is 4.76. The fourth-order valence-electron chi connectivity index (χ4n) is 2.61. The van der Waals surface area contributed by atoms with Crippen LogP contribution in [-0.4, -0.2) is 18.2 Å². The van der Waals surface area contributed by atoms with Crippen LogP contribution in [0, 0.1) is 5.92 Å². The van der Waals surface area contributed by atoms with Crippen molar-refractivity contribution in [3.05, 3.63) is 29.3 Å². The van der Waals surface area contributed by atoms with E-state index < -0.39 is 0 Å². The highest BCUT2D eigenvalue weighted by atomic mass is 16.5. The van der Waals surface area contributed by atoms with Gasteiger partial charge in [0.2, 0.25) is 0 Å². The lowest BCUT2D eigenvalue weighted by Gasteiger charge is -2.08. The Hall–Kier alpha value is -1.64. The van der Waals surface area contributed by atoms with Crippen LogP contribution in [0.3, 0.4) is 0 Å². The molecule has 1 fully saturated rings. The number of ketones is 2. The zero-order valence-electron chi connectivity index (χ0n) is 9.57. The first-order chi connectivity index (χ1) is 8.24. The monoisotopic (exact) mass is 230 g/mol. The van der Waals surface area contributed by atoms with E-state index in [1.165, 1.54) is 0 Å². The predicted octanol–water partition coefficient (Wildman–Crippen LogP) is 2.17. The Bertz CT molecular complexity index is 490. The Morgan fingerprint density at radius 1 is 1.29 bits per heavy atom. The number of rotatable bonds is 2. The third kappa shape index (κ3) is 1.86. The average molecular weight is 230 g/mol. The number of hydrogen-bond acceptors (Lipinski definition) is 3. The third-order valence-corrected chi connectivity index (χ3v) is 3.59. The van der Waals surface area contributed by atoms with Crippen molar-refractivity contribution in [1.82, 2.24) is 0 Å². The third-order valence-electron chi connectivity index (χ3n) is 3.59. The van der Waals surface area contributed by atoms with Crippen molar-refractivity contribution in [3.63, 3.8) is 0 Å². The van der Waals surface area contributed by atoms with Crippen LogP contribution < -0.4 is 4.74 Å². The molecule has 0 spiro atoms. The maximum Gasteiger partial charge on any atom is 0.166 e. The molecule has 0 amide bonds. The summed E-state index contributed by atoms with van der Waals surface area (Å²) in [5.41, 5.74) is 1.84. The van der Waals surface area contributed by atoms with Crippen LogP contribution in [0.15, 0.2) is 18.2 Å². The van der Waals surface area contributed by atoms with Gasteiger partial charge in [-0.05, 0) is 30.2 Å². The Kier molecular flexibility index (Phi) is 2.46. The standard InChI is InChI=1S/C14H14O3/c15-12-3-1-11(8-12)14(16)10-2-4-13-9(7-10)5-6-17-13/h2,4,7,11H,1,3,5-6,8H2. The zero-order valence-corrected chi connectivity index (χ0v) is 9.57. The first-order valence-corrected chi connectivity index (χ1v) is 6.05. The SMILES string of the molecule is O=C1CCC(C(=O)c2ccc3c(c2)CCO3)C1. The summed E-state index contributed by atoms with van der Waals surface area (Å²) in [6.45, 7) is 0.703.